The molecule has 0 radical (unpaired) electrons. The van der Waals surface area contributed by atoms with Crippen molar-refractivity contribution in [2.45, 2.75) is 5.25 Å². The van der Waals surface area contributed by atoms with Crippen LogP contribution in [-0.4, -0.2) is 29.1 Å². The molecule has 16 heavy (non-hydrogen) atoms. The van der Waals surface area contributed by atoms with Crippen LogP contribution in [0.1, 0.15) is 0 Å². The molecule has 2 rings (SSSR count). The van der Waals surface area contributed by atoms with E-state index in [0.717, 1.165) is 27.6 Å². The second-order valence-corrected chi connectivity index (χ2v) is 7.10. The number of benzene rings is 1. The number of hydrogen-bond donors (Lipinski definition) is 2. The molecule has 0 bridgehead atoms. The number of halogens is 1. The predicted octanol–water partition coefficient (Wildman–Crippen LogP) is 3.29. The highest BCUT2D eigenvalue weighted by molar-refractivity contribution is 9.10. The van der Waals surface area contributed by atoms with Crippen LogP contribution < -0.4 is 11.1 Å². The molecular weight excluding hydrogens is 304 g/mol. The van der Waals surface area contributed by atoms with E-state index in [4.69, 9.17) is 5.73 Å². The monoisotopic (exact) mass is 318 g/mol. The summed E-state index contributed by atoms with van der Waals surface area (Å²) < 4.78 is 1.04. The van der Waals surface area contributed by atoms with Gasteiger partial charge < -0.3 is 11.1 Å². The highest BCUT2D eigenvalue weighted by Gasteiger charge is 2.14. The molecule has 0 spiro atoms. The van der Waals surface area contributed by atoms with Crippen molar-refractivity contribution in [3.8, 4) is 0 Å². The number of thioether (sulfide) groups is 2. The zero-order valence-electron chi connectivity index (χ0n) is 8.91. The van der Waals surface area contributed by atoms with Crippen LogP contribution in [0.3, 0.4) is 0 Å². The molecule has 0 aromatic heterocycles. The van der Waals surface area contributed by atoms with Gasteiger partial charge >= 0.3 is 0 Å². The van der Waals surface area contributed by atoms with E-state index in [9.17, 15) is 0 Å². The molecule has 1 fully saturated rings. The van der Waals surface area contributed by atoms with E-state index in [1.165, 1.54) is 17.3 Å². The van der Waals surface area contributed by atoms with E-state index in [1.807, 2.05) is 18.2 Å². The Bertz CT molecular complexity index is 354. The molecule has 1 heterocycles. The summed E-state index contributed by atoms with van der Waals surface area (Å²) in [6, 6.07) is 5.89. The molecule has 88 valence electrons. The van der Waals surface area contributed by atoms with E-state index in [-0.39, 0.29) is 0 Å². The molecule has 1 aliphatic heterocycles. The maximum atomic E-state index is 5.70. The topological polar surface area (TPSA) is 38.0 Å². The molecule has 1 aromatic rings. The van der Waals surface area contributed by atoms with Gasteiger partial charge in [0.25, 0.3) is 0 Å². The maximum absolute atomic E-state index is 5.70. The summed E-state index contributed by atoms with van der Waals surface area (Å²) in [5, 5.41) is 4.20. The van der Waals surface area contributed by atoms with Crippen molar-refractivity contribution in [1.82, 2.24) is 0 Å². The van der Waals surface area contributed by atoms with Crippen LogP contribution in [0.2, 0.25) is 0 Å². The van der Waals surface area contributed by atoms with Gasteiger partial charge in [-0.2, -0.15) is 23.5 Å². The second-order valence-electron chi connectivity index (χ2n) is 3.69. The average Bonchev–Trinajstić information content (AvgIpc) is 2.29. The van der Waals surface area contributed by atoms with E-state index in [2.05, 4.69) is 44.8 Å². The number of nitrogens with one attached hydrogen (secondary N) is 1. The first kappa shape index (κ1) is 12.5. The minimum atomic E-state index is 0.725. The van der Waals surface area contributed by atoms with Gasteiger partial charge in [0.2, 0.25) is 0 Å². The molecule has 1 aliphatic rings. The summed E-state index contributed by atoms with van der Waals surface area (Å²) in [6.45, 7) is 1.03. The minimum Gasteiger partial charge on any atom is -0.399 e. The van der Waals surface area contributed by atoms with Crippen molar-refractivity contribution >= 4 is 50.8 Å². The minimum absolute atomic E-state index is 0.725. The Hall–Kier alpha value is -0.000000000000000222. The van der Waals surface area contributed by atoms with Crippen LogP contribution in [0.4, 0.5) is 11.4 Å². The zero-order valence-corrected chi connectivity index (χ0v) is 12.1. The van der Waals surface area contributed by atoms with Crippen LogP contribution in [0.25, 0.3) is 0 Å². The third-order valence-electron chi connectivity index (χ3n) is 2.40. The van der Waals surface area contributed by atoms with Gasteiger partial charge in [-0.15, -0.1) is 0 Å². The standard InChI is InChI=1S/C11H15BrN2S2/c12-10-5-8(13)1-2-11(10)14-6-9-7-15-3-4-16-9/h1-2,5,9,14H,3-4,6-7,13H2. The Kier molecular flexibility index (Phi) is 4.73. The van der Waals surface area contributed by atoms with Crippen molar-refractivity contribution in [3.05, 3.63) is 22.7 Å². The Balaban J connectivity index is 1.88. The number of nitrogens with two attached hydrogens (primary N) is 1. The third kappa shape index (κ3) is 3.50. The van der Waals surface area contributed by atoms with E-state index in [0.29, 0.717) is 0 Å². The van der Waals surface area contributed by atoms with Crippen molar-refractivity contribution < 1.29 is 0 Å². The third-order valence-corrected chi connectivity index (χ3v) is 5.90. The molecular formula is C11H15BrN2S2. The highest BCUT2D eigenvalue weighted by Crippen LogP contribution is 2.27. The summed E-state index contributed by atoms with van der Waals surface area (Å²) in [7, 11) is 0. The quantitative estimate of drug-likeness (QED) is 0.839. The Morgan fingerprint density at radius 2 is 2.31 bits per heavy atom. The largest absolute Gasteiger partial charge is 0.399 e. The van der Waals surface area contributed by atoms with Gasteiger partial charge in [-0.05, 0) is 34.1 Å². The molecule has 0 saturated carbocycles. The second kappa shape index (κ2) is 6.07. The van der Waals surface area contributed by atoms with Gasteiger partial charge in [0.1, 0.15) is 0 Å². The Labute approximate surface area is 113 Å². The van der Waals surface area contributed by atoms with Crippen LogP contribution >= 0.6 is 39.5 Å². The Morgan fingerprint density at radius 3 is 3.00 bits per heavy atom. The highest BCUT2D eigenvalue weighted by atomic mass is 79.9. The van der Waals surface area contributed by atoms with Gasteiger partial charge in [0.05, 0.1) is 0 Å². The number of hydrogen-bond acceptors (Lipinski definition) is 4. The molecule has 1 unspecified atom stereocenters. The van der Waals surface area contributed by atoms with Crippen molar-refractivity contribution in [2.75, 3.05) is 34.9 Å². The molecule has 1 saturated heterocycles. The Morgan fingerprint density at radius 1 is 1.44 bits per heavy atom. The van der Waals surface area contributed by atoms with E-state index in [1.54, 1.807) is 0 Å². The zero-order chi connectivity index (χ0) is 11.4. The van der Waals surface area contributed by atoms with E-state index >= 15 is 0 Å². The fourth-order valence-electron chi connectivity index (χ4n) is 1.55. The van der Waals surface area contributed by atoms with Crippen LogP contribution in [0.15, 0.2) is 22.7 Å². The summed E-state index contributed by atoms with van der Waals surface area (Å²) >= 11 is 7.64. The normalized spacial score (nSPS) is 20.7. The van der Waals surface area contributed by atoms with E-state index < -0.39 is 0 Å². The predicted molar refractivity (Wildman–Crippen MR) is 80.6 cm³/mol. The lowest BCUT2D eigenvalue weighted by atomic mass is 10.3. The molecule has 3 N–H and O–H groups in total. The van der Waals surface area contributed by atoms with Crippen molar-refractivity contribution in [1.29, 1.82) is 0 Å². The van der Waals surface area contributed by atoms with Gasteiger partial charge in [0, 0.05) is 44.9 Å². The van der Waals surface area contributed by atoms with Crippen LogP contribution in [-0.2, 0) is 0 Å². The molecule has 1 aromatic carbocycles. The molecule has 5 heteroatoms. The fraction of sp³-hybridized carbons (Fsp3) is 0.455. The summed E-state index contributed by atoms with van der Waals surface area (Å²) in [6.07, 6.45) is 0. The summed E-state index contributed by atoms with van der Waals surface area (Å²) in [5.41, 5.74) is 7.62. The van der Waals surface area contributed by atoms with Gasteiger partial charge in [-0.1, -0.05) is 0 Å². The maximum Gasteiger partial charge on any atom is 0.0486 e. The average molecular weight is 319 g/mol. The van der Waals surface area contributed by atoms with Crippen molar-refractivity contribution in [3.63, 3.8) is 0 Å². The van der Waals surface area contributed by atoms with Gasteiger partial charge in [-0.25, -0.2) is 0 Å². The molecule has 1 atom stereocenters. The van der Waals surface area contributed by atoms with Gasteiger partial charge in [-0.3, -0.25) is 0 Å². The number of anilines is 2. The van der Waals surface area contributed by atoms with Crippen LogP contribution in [0.5, 0.6) is 0 Å². The molecule has 0 amide bonds. The summed E-state index contributed by atoms with van der Waals surface area (Å²) in [4.78, 5) is 0. The SMILES string of the molecule is Nc1ccc(NCC2CSCCS2)c(Br)c1. The molecule has 0 aliphatic carbocycles. The summed E-state index contributed by atoms with van der Waals surface area (Å²) in [5.74, 6) is 3.83. The first-order valence-corrected chi connectivity index (χ1v) is 8.23. The van der Waals surface area contributed by atoms with Crippen LogP contribution in [0, 0.1) is 0 Å². The molecule has 2 nitrogen and oxygen atoms in total. The lowest BCUT2D eigenvalue weighted by molar-refractivity contribution is 1.00. The lowest BCUT2D eigenvalue weighted by Crippen LogP contribution is -2.23. The van der Waals surface area contributed by atoms with Gasteiger partial charge in [0.15, 0.2) is 0 Å². The fourth-order valence-corrected chi connectivity index (χ4v) is 4.70. The number of rotatable bonds is 3. The lowest BCUT2D eigenvalue weighted by Gasteiger charge is -2.22. The first-order chi connectivity index (χ1) is 7.75. The first-order valence-electron chi connectivity index (χ1n) is 5.24. The smallest absolute Gasteiger partial charge is 0.0486 e. The van der Waals surface area contributed by atoms with Crippen molar-refractivity contribution in [2.24, 2.45) is 0 Å². The number of nitrogen functional groups attached to an aromatic ring is 1.